The van der Waals surface area contributed by atoms with Crippen LogP contribution in [0.1, 0.15) is 122 Å². The van der Waals surface area contributed by atoms with Crippen LogP contribution in [0, 0.1) is 18.3 Å². The van der Waals surface area contributed by atoms with E-state index in [0.29, 0.717) is 16.7 Å². The van der Waals surface area contributed by atoms with Crippen molar-refractivity contribution in [3.8, 4) is 39.7 Å². The first-order valence-electron chi connectivity index (χ1n) is 23.3. The van der Waals surface area contributed by atoms with Gasteiger partial charge in [-0.1, -0.05) is 138 Å². The third-order valence-electron chi connectivity index (χ3n) is 13.8. The number of rotatable bonds is 4. The molecule has 0 saturated carbocycles. The quantitative estimate of drug-likeness (QED) is 0.173. The Bertz CT molecular complexity index is 3360. The van der Waals surface area contributed by atoms with E-state index in [2.05, 4.69) is 171 Å². The van der Waals surface area contributed by atoms with Gasteiger partial charge in [-0.05, 0) is 140 Å². The molecule has 0 amide bonds. The second-order valence-corrected chi connectivity index (χ2v) is 22.7. The number of aryl methyl sites for hydroxylation is 1. The van der Waals surface area contributed by atoms with Crippen LogP contribution in [0.2, 0.25) is 0 Å². The van der Waals surface area contributed by atoms with Crippen LogP contribution in [-0.4, -0.2) is 9.13 Å². The van der Waals surface area contributed by atoms with Crippen LogP contribution >= 0.6 is 0 Å². The Morgan fingerprint density at radius 3 is 1.16 bits per heavy atom. The van der Waals surface area contributed by atoms with Gasteiger partial charge < -0.3 is 9.13 Å². The number of nitrogens with zero attached hydrogens (tertiary/aromatic N) is 3. The molecule has 0 spiro atoms. The molecule has 340 valence electrons. The van der Waals surface area contributed by atoms with Gasteiger partial charge in [0, 0.05) is 32.7 Å². The van der Waals surface area contributed by atoms with Crippen molar-refractivity contribution >= 4 is 43.6 Å². The summed E-state index contributed by atoms with van der Waals surface area (Å²) in [6.45, 7) is 28.4. The highest BCUT2D eigenvalue weighted by Crippen LogP contribution is 2.46. The predicted molar refractivity (Wildman–Crippen MR) is 275 cm³/mol. The molecule has 0 saturated heterocycles. The maximum atomic E-state index is 15.0. The molecule has 9 rings (SSSR count). The van der Waals surface area contributed by atoms with Crippen molar-refractivity contribution in [1.82, 2.24) is 9.13 Å². The van der Waals surface area contributed by atoms with Gasteiger partial charge in [0.25, 0.3) is 0 Å². The van der Waals surface area contributed by atoms with Crippen LogP contribution in [-0.2, 0) is 27.8 Å². The summed E-state index contributed by atoms with van der Waals surface area (Å²) in [5.74, 6) is 0. The van der Waals surface area contributed by atoms with Crippen LogP contribution < -0.4 is 0 Å². The summed E-state index contributed by atoms with van der Waals surface area (Å²) < 4.78 is 49.5. The summed E-state index contributed by atoms with van der Waals surface area (Å²) in [6, 6.07) is 45.1. The Labute approximate surface area is 393 Å². The summed E-state index contributed by atoms with van der Waals surface area (Å²) in [5, 5.41) is 14.9. The zero-order valence-corrected chi connectivity index (χ0v) is 41.1. The van der Waals surface area contributed by atoms with Crippen molar-refractivity contribution in [1.29, 1.82) is 5.26 Å². The number of fused-ring (bicyclic) bond motifs is 6. The average Bonchev–Trinajstić information content (AvgIpc) is 3.75. The lowest BCUT2D eigenvalue weighted by molar-refractivity contribution is -0.137. The van der Waals surface area contributed by atoms with Crippen molar-refractivity contribution in [2.45, 2.75) is 118 Å². The monoisotopic (exact) mass is 891 g/mol. The van der Waals surface area contributed by atoms with Gasteiger partial charge in [-0.3, -0.25) is 0 Å². The van der Waals surface area contributed by atoms with E-state index < -0.39 is 11.7 Å². The van der Waals surface area contributed by atoms with Gasteiger partial charge in [-0.2, -0.15) is 18.4 Å². The van der Waals surface area contributed by atoms with E-state index in [9.17, 15) is 18.4 Å². The minimum Gasteiger partial charge on any atom is -0.309 e. The number of halogens is 3. The highest BCUT2D eigenvalue weighted by Gasteiger charge is 2.35. The first-order chi connectivity index (χ1) is 31.3. The van der Waals surface area contributed by atoms with Gasteiger partial charge >= 0.3 is 6.18 Å². The predicted octanol–water partition coefficient (Wildman–Crippen LogP) is 17.6. The molecule has 0 aliphatic carbocycles. The molecule has 67 heavy (non-hydrogen) atoms. The second kappa shape index (κ2) is 15.5. The van der Waals surface area contributed by atoms with E-state index in [1.165, 1.54) is 34.4 Å². The highest BCUT2D eigenvalue weighted by molar-refractivity contribution is 6.12. The van der Waals surface area contributed by atoms with E-state index in [1.807, 2.05) is 36.4 Å². The van der Waals surface area contributed by atoms with Crippen LogP contribution in [0.4, 0.5) is 13.2 Å². The maximum Gasteiger partial charge on any atom is 0.417 e. The van der Waals surface area contributed by atoms with Gasteiger partial charge in [-0.15, -0.1) is 0 Å². The lowest BCUT2D eigenvalue weighted by Gasteiger charge is -2.22. The van der Waals surface area contributed by atoms with Gasteiger partial charge in [0.05, 0.1) is 50.6 Å². The zero-order chi connectivity index (χ0) is 48.3. The molecule has 0 aliphatic rings. The molecular formula is C61H60F3N3. The molecule has 6 heteroatoms. The van der Waals surface area contributed by atoms with E-state index in [0.717, 1.165) is 66.1 Å². The van der Waals surface area contributed by atoms with Crippen molar-refractivity contribution in [3.63, 3.8) is 0 Å². The number of nitriles is 1. The normalized spacial score (nSPS) is 13.1. The fraction of sp³-hybridized carbons (Fsp3) is 0.295. The number of hydrogen-bond acceptors (Lipinski definition) is 1. The molecule has 7 aromatic carbocycles. The fourth-order valence-electron chi connectivity index (χ4n) is 9.83. The Morgan fingerprint density at radius 2 is 0.806 bits per heavy atom. The Balaban J connectivity index is 1.44. The largest absolute Gasteiger partial charge is 0.417 e. The lowest BCUT2D eigenvalue weighted by Crippen LogP contribution is -2.10. The molecule has 2 aromatic heterocycles. The maximum absolute atomic E-state index is 15.0. The summed E-state index contributed by atoms with van der Waals surface area (Å²) >= 11 is 0. The molecule has 0 radical (unpaired) electrons. The highest BCUT2D eigenvalue weighted by atomic mass is 19.4. The van der Waals surface area contributed by atoms with Gasteiger partial charge in [0.15, 0.2) is 0 Å². The SMILES string of the molecule is Cc1cccc(C(F)(F)F)c1-c1ccc(-c2ccc(C#N)cc2-n2c3ccc(C(C)(C)C)cc3c3cc(C(C)(C)C)ccc32)c(-n2c3ccc(C(C)(C)C)cc3c3cc(C(C)(C)C)ccc32)c1. The molecule has 3 nitrogen and oxygen atoms in total. The van der Waals surface area contributed by atoms with E-state index in [-0.39, 0.29) is 27.2 Å². The van der Waals surface area contributed by atoms with Crippen LogP contribution in [0.3, 0.4) is 0 Å². The summed E-state index contributed by atoms with van der Waals surface area (Å²) in [7, 11) is 0. The van der Waals surface area contributed by atoms with Gasteiger partial charge in [0.2, 0.25) is 0 Å². The van der Waals surface area contributed by atoms with Crippen molar-refractivity contribution in [2.75, 3.05) is 0 Å². The second-order valence-electron chi connectivity index (χ2n) is 22.7. The minimum absolute atomic E-state index is 0.0977. The van der Waals surface area contributed by atoms with Gasteiger partial charge in [0.1, 0.15) is 0 Å². The zero-order valence-electron chi connectivity index (χ0n) is 41.1. The van der Waals surface area contributed by atoms with E-state index in [4.69, 9.17) is 0 Å². The molecule has 0 unspecified atom stereocenters. The first kappa shape index (κ1) is 45.6. The fourth-order valence-corrected chi connectivity index (χ4v) is 9.83. The van der Waals surface area contributed by atoms with E-state index >= 15 is 0 Å². The van der Waals surface area contributed by atoms with Crippen molar-refractivity contribution in [2.24, 2.45) is 0 Å². The third-order valence-corrected chi connectivity index (χ3v) is 13.8. The first-order valence-corrected chi connectivity index (χ1v) is 23.3. The van der Waals surface area contributed by atoms with Gasteiger partial charge in [-0.25, -0.2) is 0 Å². The molecule has 0 bridgehead atoms. The van der Waals surface area contributed by atoms with Crippen LogP contribution in [0.5, 0.6) is 0 Å². The molecule has 0 fully saturated rings. The smallest absolute Gasteiger partial charge is 0.309 e. The molecule has 0 atom stereocenters. The van der Waals surface area contributed by atoms with Crippen molar-refractivity contribution < 1.29 is 13.2 Å². The standard InChI is InChI=1S/C61H60F3N3/c1-36-15-14-16-49(61(62,63)64)56(36)38-18-24-44(55(30-38)67-52-27-21-41(59(8,9)10)33-47(52)48-34-42(60(11,12)13)22-28-53(48)67)43-23-17-37(35-65)29-54(43)66-50-25-19-39(57(2,3)4)31-45(50)46-32-40(58(5,6)7)20-26-51(46)66/h14-34H,1-13H3. The summed E-state index contributed by atoms with van der Waals surface area (Å²) in [5.41, 5.74) is 12.4. The topological polar surface area (TPSA) is 33.6 Å². The molecule has 0 aliphatic heterocycles. The van der Waals surface area contributed by atoms with Crippen LogP contribution in [0.15, 0.2) is 127 Å². The Morgan fingerprint density at radius 1 is 0.433 bits per heavy atom. The molecule has 0 N–H and O–H groups in total. The Kier molecular flexibility index (Phi) is 10.5. The number of alkyl halides is 3. The lowest BCUT2D eigenvalue weighted by atomic mass is 9.85. The Hall–Kier alpha value is -6.58. The average molecular weight is 892 g/mol. The number of hydrogen-bond donors (Lipinski definition) is 0. The summed E-state index contributed by atoms with van der Waals surface area (Å²) in [6.07, 6.45) is -4.57. The molecular weight excluding hydrogens is 832 g/mol. The third kappa shape index (κ3) is 7.91. The molecule has 9 aromatic rings. The summed E-state index contributed by atoms with van der Waals surface area (Å²) in [4.78, 5) is 0. The minimum atomic E-state index is -4.57. The number of benzene rings is 7. The van der Waals surface area contributed by atoms with E-state index in [1.54, 1.807) is 13.0 Å². The van der Waals surface area contributed by atoms with Crippen molar-refractivity contribution in [3.05, 3.63) is 166 Å². The number of aromatic nitrogens is 2. The molecule has 2 heterocycles. The van der Waals surface area contributed by atoms with Crippen LogP contribution in [0.25, 0.3) is 77.2 Å².